The third-order valence-electron chi connectivity index (χ3n) is 5.42. The molecule has 0 unspecified atom stereocenters. The van der Waals surface area contributed by atoms with E-state index < -0.39 is 0 Å². The van der Waals surface area contributed by atoms with Crippen molar-refractivity contribution in [1.29, 1.82) is 0 Å². The van der Waals surface area contributed by atoms with Crippen molar-refractivity contribution in [3.05, 3.63) is 77.4 Å². The van der Waals surface area contributed by atoms with Crippen molar-refractivity contribution in [2.75, 3.05) is 48.3 Å². The van der Waals surface area contributed by atoms with Crippen LogP contribution in [0, 0.1) is 0 Å². The van der Waals surface area contributed by atoms with Crippen molar-refractivity contribution < 1.29 is 14.3 Å². The van der Waals surface area contributed by atoms with Gasteiger partial charge in [0.2, 0.25) is 0 Å². The molecule has 0 bridgehead atoms. The van der Waals surface area contributed by atoms with Gasteiger partial charge in [-0.3, -0.25) is 4.79 Å². The summed E-state index contributed by atoms with van der Waals surface area (Å²) >= 11 is 5.91. The molecular weight excluding hydrogens is 454 g/mol. The molecule has 176 valence electrons. The van der Waals surface area contributed by atoms with Crippen LogP contribution in [0.4, 0.5) is 22.0 Å². The first-order valence-corrected chi connectivity index (χ1v) is 11.5. The van der Waals surface area contributed by atoms with E-state index in [1.807, 2.05) is 36.1 Å². The molecule has 8 nitrogen and oxygen atoms in total. The highest BCUT2D eigenvalue weighted by Crippen LogP contribution is 2.24. The van der Waals surface area contributed by atoms with Crippen LogP contribution in [0.2, 0.25) is 5.02 Å². The zero-order chi connectivity index (χ0) is 23.9. The maximum atomic E-state index is 12.7. The molecule has 3 amide bonds. The van der Waals surface area contributed by atoms with Crippen molar-refractivity contribution in [1.82, 2.24) is 9.88 Å². The van der Waals surface area contributed by atoms with Crippen LogP contribution in [-0.4, -0.2) is 54.6 Å². The Balaban J connectivity index is 1.30. The lowest BCUT2D eigenvalue weighted by molar-refractivity contribution is 0.0746. The van der Waals surface area contributed by atoms with Gasteiger partial charge in [0.1, 0.15) is 11.6 Å². The Kier molecular flexibility index (Phi) is 7.49. The lowest BCUT2D eigenvalue weighted by atomic mass is 10.2. The summed E-state index contributed by atoms with van der Waals surface area (Å²) in [5.41, 5.74) is 1.80. The first-order valence-electron chi connectivity index (χ1n) is 11.1. The molecule has 1 fully saturated rings. The highest BCUT2D eigenvalue weighted by molar-refractivity contribution is 6.30. The summed E-state index contributed by atoms with van der Waals surface area (Å²) in [6.07, 6.45) is 1.62. The molecule has 0 spiro atoms. The van der Waals surface area contributed by atoms with E-state index in [0.717, 1.165) is 5.82 Å². The topological polar surface area (TPSA) is 86.8 Å². The predicted molar refractivity (Wildman–Crippen MR) is 134 cm³/mol. The molecule has 1 aliphatic rings. The first-order chi connectivity index (χ1) is 16.5. The number of amides is 3. The molecule has 2 aromatic carbocycles. The number of nitrogens with zero attached hydrogens (tertiary/aromatic N) is 3. The number of pyridine rings is 1. The monoisotopic (exact) mass is 479 g/mol. The number of hydrogen-bond acceptors (Lipinski definition) is 5. The molecule has 0 radical (unpaired) electrons. The molecule has 1 aromatic heterocycles. The lowest BCUT2D eigenvalue weighted by Gasteiger charge is -2.35. The predicted octanol–water partition coefficient (Wildman–Crippen LogP) is 4.74. The zero-order valence-electron chi connectivity index (χ0n) is 18.8. The smallest absolute Gasteiger partial charge is 0.323 e. The molecular formula is C25H26ClN5O3. The summed E-state index contributed by atoms with van der Waals surface area (Å²) in [6.45, 7) is 4.95. The van der Waals surface area contributed by atoms with Crippen LogP contribution < -0.4 is 20.3 Å². The molecule has 4 rings (SSSR count). The number of urea groups is 1. The summed E-state index contributed by atoms with van der Waals surface area (Å²) in [7, 11) is 0. The fourth-order valence-corrected chi connectivity index (χ4v) is 3.82. The van der Waals surface area contributed by atoms with Crippen LogP contribution in [-0.2, 0) is 0 Å². The van der Waals surface area contributed by atoms with E-state index in [4.69, 9.17) is 16.3 Å². The van der Waals surface area contributed by atoms with Gasteiger partial charge in [0.25, 0.3) is 5.91 Å². The molecule has 9 heteroatoms. The molecule has 2 heterocycles. The number of benzene rings is 2. The second-order valence-electron chi connectivity index (χ2n) is 7.70. The van der Waals surface area contributed by atoms with Gasteiger partial charge in [-0.05, 0) is 55.5 Å². The fraction of sp³-hybridized carbons (Fsp3) is 0.240. The van der Waals surface area contributed by atoms with E-state index in [2.05, 4.69) is 20.5 Å². The van der Waals surface area contributed by atoms with Gasteiger partial charge in [-0.2, -0.15) is 0 Å². The van der Waals surface area contributed by atoms with Crippen molar-refractivity contribution in [2.45, 2.75) is 6.92 Å². The van der Waals surface area contributed by atoms with Gasteiger partial charge >= 0.3 is 6.03 Å². The molecule has 0 saturated carbocycles. The molecule has 0 aliphatic carbocycles. The van der Waals surface area contributed by atoms with Crippen LogP contribution in [0.1, 0.15) is 17.3 Å². The number of anilines is 3. The fourth-order valence-electron chi connectivity index (χ4n) is 3.70. The van der Waals surface area contributed by atoms with Gasteiger partial charge in [0.15, 0.2) is 0 Å². The van der Waals surface area contributed by atoms with Crippen molar-refractivity contribution >= 4 is 40.7 Å². The summed E-state index contributed by atoms with van der Waals surface area (Å²) < 4.78 is 5.53. The van der Waals surface area contributed by atoms with Crippen molar-refractivity contribution in [3.63, 3.8) is 0 Å². The molecule has 1 saturated heterocycles. The Morgan fingerprint density at radius 3 is 2.38 bits per heavy atom. The van der Waals surface area contributed by atoms with E-state index in [9.17, 15) is 9.59 Å². The number of para-hydroxylation sites is 2. The second-order valence-corrected chi connectivity index (χ2v) is 8.14. The largest absolute Gasteiger partial charge is 0.492 e. The number of aromatic nitrogens is 1. The minimum atomic E-state index is -0.379. The van der Waals surface area contributed by atoms with Crippen LogP contribution in [0.15, 0.2) is 66.9 Å². The third kappa shape index (κ3) is 5.77. The Bertz CT molecular complexity index is 1130. The Labute approximate surface area is 203 Å². The Hall–Kier alpha value is -3.78. The normalized spacial score (nSPS) is 13.4. The molecule has 3 aromatic rings. The third-order valence-corrected chi connectivity index (χ3v) is 5.67. The average Bonchev–Trinajstić information content (AvgIpc) is 2.86. The first kappa shape index (κ1) is 23.4. The minimum Gasteiger partial charge on any atom is -0.492 e. The maximum absolute atomic E-state index is 12.7. The zero-order valence-corrected chi connectivity index (χ0v) is 19.6. The van der Waals surface area contributed by atoms with Crippen molar-refractivity contribution in [3.8, 4) is 5.75 Å². The van der Waals surface area contributed by atoms with Crippen LogP contribution in [0.3, 0.4) is 0 Å². The average molecular weight is 480 g/mol. The maximum Gasteiger partial charge on any atom is 0.323 e. The van der Waals surface area contributed by atoms with Crippen LogP contribution >= 0.6 is 11.6 Å². The summed E-state index contributed by atoms with van der Waals surface area (Å²) in [5, 5.41) is 6.19. The second kappa shape index (κ2) is 10.9. The number of rotatable bonds is 6. The highest BCUT2D eigenvalue weighted by Gasteiger charge is 2.23. The lowest BCUT2D eigenvalue weighted by Crippen LogP contribution is -2.49. The van der Waals surface area contributed by atoms with Crippen LogP contribution in [0.5, 0.6) is 5.75 Å². The highest BCUT2D eigenvalue weighted by atomic mass is 35.5. The van der Waals surface area contributed by atoms with E-state index >= 15 is 0 Å². The standard InChI is InChI=1S/C25H26ClN5O3/c1-2-34-22-6-4-3-5-21(22)29-25(33)28-20-11-12-23(27-17-20)30-13-15-31(16-14-30)24(32)18-7-9-19(26)10-8-18/h3-12,17H,2,13-16H2,1H3,(H2,28,29,33). The quantitative estimate of drug-likeness (QED) is 0.533. The van der Waals surface area contributed by atoms with E-state index in [1.165, 1.54) is 0 Å². The number of nitrogens with one attached hydrogen (secondary N) is 2. The number of piperazine rings is 1. The molecule has 34 heavy (non-hydrogen) atoms. The van der Waals surface area contributed by atoms with Gasteiger partial charge in [0, 0.05) is 36.8 Å². The SMILES string of the molecule is CCOc1ccccc1NC(=O)Nc1ccc(N2CCN(C(=O)c3ccc(Cl)cc3)CC2)nc1. The number of hydrogen-bond donors (Lipinski definition) is 2. The summed E-state index contributed by atoms with van der Waals surface area (Å²) in [6, 6.07) is 17.5. The Morgan fingerprint density at radius 2 is 1.71 bits per heavy atom. The number of carbonyl (C=O) groups is 2. The molecule has 1 aliphatic heterocycles. The van der Waals surface area contributed by atoms with Gasteiger partial charge in [-0.15, -0.1) is 0 Å². The molecule has 2 N–H and O–H groups in total. The number of carbonyl (C=O) groups excluding carboxylic acids is 2. The number of halogens is 1. The van der Waals surface area contributed by atoms with Crippen molar-refractivity contribution in [2.24, 2.45) is 0 Å². The van der Waals surface area contributed by atoms with E-state index in [1.54, 1.807) is 42.6 Å². The minimum absolute atomic E-state index is 0.000691. The van der Waals surface area contributed by atoms with Gasteiger partial charge in [-0.25, -0.2) is 9.78 Å². The van der Waals surface area contributed by atoms with Gasteiger partial charge in [0.05, 0.1) is 24.2 Å². The summed E-state index contributed by atoms with van der Waals surface area (Å²) in [4.78, 5) is 33.5. The van der Waals surface area contributed by atoms with E-state index in [-0.39, 0.29) is 11.9 Å². The number of ether oxygens (including phenoxy) is 1. The van der Waals surface area contributed by atoms with Gasteiger partial charge in [-0.1, -0.05) is 23.7 Å². The van der Waals surface area contributed by atoms with Gasteiger partial charge < -0.3 is 25.2 Å². The molecule has 0 atom stereocenters. The van der Waals surface area contributed by atoms with Crippen LogP contribution in [0.25, 0.3) is 0 Å². The van der Waals surface area contributed by atoms with E-state index in [0.29, 0.717) is 60.5 Å². The Morgan fingerprint density at radius 1 is 0.971 bits per heavy atom. The summed E-state index contributed by atoms with van der Waals surface area (Å²) in [5.74, 6) is 1.41.